The Labute approximate surface area is 604 Å². The minimum atomic E-state index is -1.92. The number of thiazole rings is 1. The second kappa shape index (κ2) is 31.5. The maximum absolute atomic E-state index is 14.0. The molecule has 29 nitrogen and oxygen atoms in total. The summed E-state index contributed by atoms with van der Waals surface area (Å²) in [5, 5.41) is 69.8. The summed E-state index contributed by atoms with van der Waals surface area (Å²) in [7, 11) is 3.16. The number of rotatable bonds is 32. The smallest absolute Gasteiger partial charge is 0.410 e. The van der Waals surface area contributed by atoms with E-state index in [-0.39, 0.29) is 79.6 Å². The number of carbonyl (C=O) groups excluding carboxylic acids is 5. The summed E-state index contributed by atoms with van der Waals surface area (Å²) in [6.07, 6.45) is 4.78. The average Bonchev–Trinajstić information content (AvgIpc) is 0.706. The number of aliphatic carboxylic acids is 1. The summed E-state index contributed by atoms with van der Waals surface area (Å²) in [5.74, 6) is -3.32. The second-order valence-corrected chi connectivity index (χ2v) is 29.7. The number of ether oxygens (including phenoxy) is 6. The van der Waals surface area contributed by atoms with Gasteiger partial charge in [-0.2, -0.15) is 5.10 Å². The Bertz CT molecular complexity index is 4220. The largest absolute Gasteiger partial charge is 0.496 e. The first-order valence-corrected chi connectivity index (χ1v) is 35.8. The van der Waals surface area contributed by atoms with Crippen LogP contribution in [0.2, 0.25) is 0 Å². The van der Waals surface area contributed by atoms with E-state index in [0.29, 0.717) is 103 Å². The molecule has 4 aliphatic carbocycles. The van der Waals surface area contributed by atoms with Crippen LogP contribution in [0, 0.1) is 23.2 Å². The lowest BCUT2D eigenvalue weighted by Crippen LogP contribution is -2.64. The number of fused-ring (bicyclic) bond motifs is 2. The maximum atomic E-state index is 14.0. The highest BCUT2D eigenvalue weighted by atomic mass is 32.1. The quantitative estimate of drug-likeness (QED) is 0.0163. The minimum Gasteiger partial charge on any atom is -0.496 e. The van der Waals surface area contributed by atoms with Gasteiger partial charge < -0.3 is 79.7 Å². The Kier molecular flexibility index (Phi) is 22.5. The fraction of sp³-hybridized carbons (Fsp3) is 0.486. The van der Waals surface area contributed by atoms with Crippen molar-refractivity contribution in [2.24, 2.45) is 16.2 Å². The summed E-state index contributed by atoms with van der Waals surface area (Å²) in [6.45, 7) is 10.4. The fourth-order valence-electron chi connectivity index (χ4n) is 16.9. The molecule has 5 fully saturated rings. The number of carbonyl (C=O) groups is 7. The molecule has 30 heteroatoms. The molecule has 7 atom stereocenters. The molecule has 2 unspecified atom stereocenters. The predicted octanol–water partition coefficient (Wildman–Crippen LogP) is 6.41. The number of nitrogens with zero attached hydrogens (tertiary/aromatic N) is 7. The van der Waals surface area contributed by atoms with Crippen molar-refractivity contribution in [3.05, 3.63) is 125 Å². The molecule has 6 heterocycles. The van der Waals surface area contributed by atoms with Crippen LogP contribution >= 0.6 is 11.3 Å². The number of para-hydroxylation sites is 1. The van der Waals surface area contributed by atoms with Gasteiger partial charge in [0.2, 0.25) is 12.2 Å². The molecule has 4 saturated carbocycles. The summed E-state index contributed by atoms with van der Waals surface area (Å²) in [5.41, 5.74) is 5.02. The topological polar surface area (TPSA) is 377 Å². The van der Waals surface area contributed by atoms with E-state index in [2.05, 4.69) is 40.1 Å². The molecule has 0 spiro atoms. The van der Waals surface area contributed by atoms with Crippen LogP contribution in [-0.2, 0) is 57.6 Å². The number of aromatic nitrogens is 4. The third-order valence-corrected chi connectivity index (χ3v) is 21.4. The van der Waals surface area contributed by atoms with Crippen molar-refractivity contribution in [2.45, 2.75) is 128 Å². The van der Waals surface area contributed by atoms with E-state index in [1.165, 1.54) is 11.3 Å². The third kappa shape index (κ3) is 16.6. The number of carboxylic acids is 2. The molecular weight excluding hydrogens is 1360 g/mol. The third-order valence-electron chi connectivity index (χ3n) is 20.5. The number of hydrogen-bond acceptors (Lipinski definition) is 23. The normalized spacial score (nSPS) is 24.6. The van der Waals surface area contributed by atoms with Gasteiger partial charge in [-0.3, -0.25) is 34.1 Å². The van der Waals surface area contributed by atoms with Gasteiger partial charge in [-0.25, -0.2) is 24.4 Å². The lowest BCUT2D eigenvalue weighted by molar-refractivity contribution is -0.271. The zero-order chi connectivity index (χ0) is 73.7. The summed E-state index contributed by atoms with van der Waals surface area (Å²) >= 11 is 1.39. The van der Waals surface area contributed by atoms with E-state index in [1.54, 1.807) is 73.9 Å². The molecule has 7 aliphatic rings. The van der Waals surface area contributed by atoms with Crippen LogP contribution in [0.15, 0.2) is 91.2 Å². The highest BCUT2D eigenvalue weighted by Crippen LogP contribution is 2.72. The number of aromatic carboxylic acids is 1. The van der Waals surface area contributed by atoms with Gasteiger partial charge in [0.25, 0.3) is 17.7 Å². The highest BCUT2D eigenvalue weighted by Gasteiger charge is 2.66. The van der Waals surface area contributed by atoms with Gasteiger partial charge in [-0.05, 0) is 160 Å². The van der Waals surface area contributed by atoms with Crippen molar-refractivity contribution < 1.29 is 87.5 Å². The van der Waals surface area contributed by atoms with Gasteiger partial charge in [0.15, 0.2) is 16.9 Å². The van der Waals surface area contributed by atoms with E-state index in [1.807, 2.05) is 46.8 Å². The number of aliphatic hydroxyl groups is 3. The molecule has 13 rings (SSSR count). The number of pyridine rings is 1. The van der Waals surface area contributed by atoms with Gasteiger partial charge in [0.05, 0.1) is 48.0 Å². The zero-order valence-electron chi connectivity index (χ0n) is 58.8. The molecule has 104 heavy (non-hydrogen) atoms. The first-order chi connectivity index (χ1) is 49.9. The Morgan fingerprint density at radius 2 is 1.55 bits per heavy atom. The molecular formula is C74H89N11O18S. The summed E-state index contributed by atoms with van der Waals surface area (Å²) < 4.78 is 38.4. The molecule has 3 aromatic carbocycles. The van der Waals surface area contributed by atoms with Crippen LogP contribution in [0.5, 0.6) is 11.5 Å². The van der Waals surface area contributed by atoms with Gasteiger partial charge in [0.1, 0.15) is 48.8 Å². The summed E-state index contributed by atoms with van der Waals surface area (Å²) in [4.78, 5) is 103. The molecule has 3 aromatic heterocycles. The van der Waals surface area contributed by atoms with Crippen molar-refractivity contribution in [1.29, 1.82) is 0 Å². The van der Waals surface area contributed by atoms with Crippen LogP contribution in [-0.4, -0.2) is 219 Å². The van der Waals surface area contributed by atoms with Gasteiger partial charge in [0, 0.05) is 93.0 Å². The number of aliphatic hydroxyl groups excluding tert-OH is 3. The van der Waals surface area contributed by atoms with Crippen molar-refractivity contribution in [3.8, 4) is 22.6 Å². The van der Waals surface area contributed by atoms with Crippen molar-refractivity contribution >= 4 is 85.9 Å². The monoisotopic (exact) mass is 1450 g/mol. The van der Waals surface area contributed by atoms with E-state index in [4.69, 9.17) is 38.5 Å². The number of benzene rings is 3. The number of hydrogen-bond donors (Lipinski definition) is 9. The molecule has 554 valence electrons. The van der Waals surface area contributed by atoms with E-state index in [9.17, 15) is 59.1 Å². The Hall–Kier alpha value is -9.40. The SMILES string of the molecule is COCCN(CCOC12CC3(C)CC(C)(CC(Cn4ncc(-c5ccc(N6CCc7c(OC)ccc(C(=O)Nc8nc9ccccc9s8)c7C6)nc5C(=O)O)c4C)(C3)C1)C2)C(=O)OC/C=C/c1ccc(O[C@@H]2O[C@H](C(=O)O)[C@@H](O)[C@H](O)[C@H]2O)c(NCCCNCCCNC(=O)CN2C(=O)C=CC2=O)c1. The van der Waals surface area contributed by atoms with Gasteiger partial charge in [-0.1, -0.05) is 49.5 Å². The summed E-state index contributed by atoms with van der Waals surface area (Å²) in [6, 6.07) is 19.8. The van der Waals surface area contributed by atoms with Gasteiger partial charge in [-0.15, -0.1) is 0 Å². The number of nitrogens with one attached hydrogen (secondary N) is 4. The lowest BCUT2D eigenvalue weighted by Gasteiger charge is -2.69. The maximum Gasteiger partial charge on any atom is 0.410 e. The van der Waals surface area contributed by atoms with Crippen LogP contribution < -0.4 is 35.6 Å². The van der Waals surface area contributed by atoms with Crippen LogP contribution in [0.1, 0.15) is 108 Å². The highest BCUT2D eigenvalue weighted by molar-refractivity contribution is 7.22. The molecule has 3 aliphatic heterocycles. The molecule has 6 aromatic rings. The first kappa shape index (κ1) is 74.3. The van der Waals surface area contributed by atoms with E-state index < -0.39 is 72.1 Å². The number of methoxy groups -OCH3 is 2. The molecule has 1 saturated heterocycles. The first-order valence-electron chi connectivity index (χ1n) is 34.9. The molecule has 4 bridgehead atoms. The second-order valence-electron chi connectivity index (χ2n) is 28.7. The van der Waals surface area contributed by atoms with Crippen LogP contribution in [0.25, 0.3) is 27.4 Å². The standard InChI is InChI=1S/C74H89N11O18S/c1-44-49(47-16-19-56(80-60(47)66(93)94)83-27-22-46-50(35-83)48(15-18-53(46)99-5)65(92)81-69-79-51-12-6-7-13-55(51)104-69)34-78-85(44)43-73-38-71(2)37-72(3,39-73)41-74(40-71,42-73)101-32-29-82(28-31-98-4)70(97)100-30-8-11-45-14-17-54(102-68-63(91)61(89)62(90)64(103-68)67(95)96)52(33-45)76-25-9-23-75-24-10-26-77-57(86)36-84-58(87)20-21-59(84)88/h6-8,11-21,33-34,61-64,68,75-76,89-91H,9-10,22-32,35-43H2,1-5H3,(H,77,86)(H,93,94)(H,95,96)(H,79,81,92)/b11-8+/t61-,62-,63+,64-,68+,71?,72?,73?,74?/m0/s1. The number of amides is 5. The Morgan fingerprint density at radius 1 is 0.808 bits per heavy atom. The predicted molar refractivity (Wildman–Crippen MR) is 382 cm³/mol. The van der Waals surface area contributed by atoms with E-state index in [0.717, 1.165) is 82.6 Å². The Morgan fingerprint density at radius 3 is 2.28 bits per heavy atom. The molecule has 0 radical (unpaired) electrons. The number of carboxylic acid groups (broad SMARTS) is 2. The molecule has 5 amide bonds. The minimum absolute atomic E-state index is 0.0347. The number of anilines is 3. The van der Waals surface area contributed by atoms with Crippen molar-refractivity contribution in [2.75, 3.05) is 102 Å². The van der Waals surface area contributed by atoms with Gasteiger partial charge >= 0.3 is 18.0 Å². The lowest BCUT2D eigenvalue weighted by atomic mass is 9.39. The van der Waals surface area contributed by atoms with Crippen LogP contribution in [0.4, 0.5) is 21.4 Å². The van der Waals surface area contributed by atoms with Crippen molar-refractivity contribution in [1.82, 2.24) is 40.2 Å². The average molecular weight is 1450 g/mol. The Balaban J connectivity index is 0.663. The zero-order valence-corrected chi connectivity index (χ0v) is 59.6. The number of imide groups is 1. The van der Waals surface area contributed by atoms with E-state index >= 15 is 0 Å². The fourth-order valence-corrected chi connectivity index (χ4v) is 17.8. The van der Waals surface area contributed by atoms with Crippen molar-refractivity contribution in [3.63, 3.8) is 0 Å². The van der Waals surface area contributed by atoms with Crippen LogP contribution in [0.3, 0.4) is 0 Å². The molecule has 9 N–H and O–H groups in total.